The van der Waals surface area contributed by atoms with Gasteiger partial charge in [0.1, 0.15) is 0 Å². The van der Waals surface area contributed by atoms with Gasteiger partial charge in [-0.15, -0.1) is 0 Å². The first-order chi connectivity index (χ1) is 9.65. The molecule has 2 fully saturated rings. The van der Waals surface area contributed by atoms with E-state index in [4.69, 9.17) is 0 Å². The summed E-state index contributed by atoms with van der Waals surface area (Å²) >= 11 is 0. The van der Waals surface area contributed by atoms with Crippen LogP contribution in [0.5, 0.6) is 0 Å². The largest absolute Gasteiger partial charge is 0.333 e. The Morgan fingerprint density at radius 1 is 1.10 bits per heavy atom. The fourth-order valence-corrected chi connectivity index (χ4v) is 3.25. The lowest BCUT2D eigenvalue weighted by atomic mass is 10.2. The third-order valence-electron chi connectivity index (χ3n) is 4.38. The van der Waals surface area contributed by atoms with Crippen molar-refractivity contribution < 1.29 is 14.9 Å². The van der Waals surface area contributed by atoms with Gasteiger partial charge in [0.05, 0.1) is 18.2 Å². The monoisotopic (exact) mass is 273 g/mol. The van der Waals surface area contributed by atoms with Gasteiger partial charge < -0.3 is 5.32 Å². The molecule has 0 bridgehead atoms. The fraction of sp³-hybridized carbons (Fsp3) is 0.500. The summed E-state index contributed by atoms with van der Waals surface area (Å²) in [6.07, 6.45) is 5.17. The zero-order valence-electron chi connectivity index (χ0n) is 11.8. The number of carbonyl (C=O) groups is 2. The normalized spacial score (nSPS) is 23.9. The maximum Gasteiger partial charge on any atom is 0.292 e. The van der Waals surface area contributed by atoms with Crippen molar-refractivity contribution in [1.82, 2.24) is 0 Å². The first-order valence-corrected chi connectivity index (χ1v) is 7.43. The topological polar surface area (TPSA) is 54.0 Å². The Balaban J connectivity index is 1.74. The second-order valence-electron chi connectivity index (χ2n) is 5.95. The average Bonchev–Trinajstić information content (AvgIpc) is 3.02. The number of benzene rings is 1. The third kappa shape index (κ3) is 2.48. The number of imide groups is 1. The van der Waals surface area contributed by atoms with Crippen LogP contribution in [0.15, 0.2) is 24.3 Å². The molecule has 3 rings (SSSR count). The predicted molar refractivity (Wildman–Crippen MR) is 76.3 cm³/mol. The first kappa shape index (κ1) is 13.3. The van der Waals surface area contributed by atoms with Crippen LogP contribution in [0.1, 0.15) is 37.7 Å². The highest BCUT2D eigenvalue weighted by atomic mass is 16.2. The molecule has 0 radical (unpaired) electrons. The highest BCUT2D eigenvalue weighted by molar-refractivity contribution is 6.21. The van der Waals surface area contributed by atoms with E-state index in [0.29, 0.717) is 18.2 Å². The number of nitrogens with zero attached hydrogens (tertiary/aromatic N) is 1. The minimum absolute atomic E-state index is 0.0502. The molecule has 1 aromatic carbocycles. The smallest absolute Gasteiger partial charge is 0.292 e. The maximum absolute atomic E-state index is 12.5. The van der Waals surface area contributed by atoms with Crippen LogP contribution in [0.4, 0.5) is 5.69 Å². The van der Waals surface area contributed by atoms with Crippen molar-refractivity contribution in [2.75, 3.05) is 4.90 Å². The van der Waals surface area contributed by atoms with E-state index in [1.807, 2.05) is 31.2 Å². The van der Waals surface area contributed by atoms with Gasteiger partial charge in [-0.1, -0.05) is 17.7 Å². The van der Waals surface area contributed by atoms with E-state index in [0.717, 1.165) is 5.56 Å². The average molecular weight is 273 g/mol. The molecule has 1 heterocycles. The van der Waals surface area contributed by atoms with Gasteiger partial charge in [-0.05, 0) is 44.7 Å². The summed E-state index contributed by atoms with van der Waals surface area (Å²) in [4.78, 5) is 26.0. The number of carbonyl (C=O) groups excluding carboxylic acids is 2. The quantitative estimate of drug-likeness (QED) is 0.839. The third-order valence-corrected chi connectivity index (χ3v) is 4.38. The Morgan fingerprint density at radius 3 is 2.40 bits per heavy atom. The van der Waals surface area contributed by atoms with Crippen molar-refractivity contribution >= 4 is 17.5 Å². The van der Waals surface area contributed by atoms with Crippen LogP contribution in [0.2, 0.25) is 0 Å². The number of aryl methyl sites for hydroxylation is 1. The summed E-state index contributed by atoms with van der Waals surface area (Å²) < 4.78 is 0. The van der Waals surface area contributed by atoms with Crippen LogP contribution in [0.25, 0.3) is 0 Å². The molecule has 1 saturated carbocycles. The van der Waals surface area contributed by atoms with Crippen molar-refractivity contribution in [1.29, 1.82) is 0 Å². The van der Waals surface area contributed by atoms with Crippen LogP contribution in [0.3, 0.4) is 0 Å². The number of nitrogens with two attached hydrogens (primary N) is 1. The first-order valence-electron chi connectivity index (χ1n) is 7.43. The van der Waals surface area contributed by atoms with E-state index >= 15 is 0 Å². The molecule has 1 unspecified atom stereocenters. The van der Waals surface area contributed by atoms with Gasteiger partial charge in [0.25, 0.3) is 5.91 Å². The molecule has 1 aliphatic heterocycles. The predicted octanol–water partition coefficient (Wildman–Crippen LogP) is 1.13. The Labute approximate surface area is 119 Å². The van der Waals surface area contributed by atoms with Crippen molar-refractivity contribution in [3.63, 3.8) is 0 Å². The zero-order valence-corrected chi connectivity index (χ0v) is 11.8. The molecular formula is C16H21N2O2+. The molecule has 1 aromatic rings. The Bertz CT molecular complexity index is 518. The number of amides is 2. The van der Waals surface area contributed by atoms with Crippen molar-refractivity contribution in [2.24, 2.45) is 0 Å². The van der Waals surface area contributed by atoms with Gasteiger partial charge in [-0.25, -0.2) is 4.90 Å². The number of quaternary nitrogens is 1. The summed E-state index contributed by atoms with van der Waals surface area (Å²) in [6, 6.07) is 7.88. The number of anilines is 1. The summed E-state index contributed by atoms with van der Waals surface area (Å²) in [5.41, 5.74) is 1.83. The van der Waals surface area contributed by atoms with E-state index in [-0.39, 0.29) is 17.9 Å². The lowest BCUT2D eigenvalue weighted by Gasteiger charge is -2.16. The second-order valence-corrected chi connectivity index (χ2v) is 5.95. The van der Waals surface area contributed by atoms with Gasteiger partial charge >= 0.3 is 0 Å². The Morgan fingerprint density at radius 2 is 1.75 bits per heavy atom. The summed E-state index contributed by atoms with van der Waals surface area (Å²) in [6.45, 7) is 1.99. The lowest BCUT2D eigenvalue weighted by molar-refractivity contribution is -0.706. The van der Waals surface area contributed by atoms with E-state index in [1.54, 1.807) is 0 Å². The molecular weight excluding hydrogens is 252 g/mol. The standard InChI is InChI=1S/C16H20N2O2/c1-11-6-8-13(9-7-11)18-15(19)10-14(16(18)20)17-12-4-2-3-5-12/h6-9,12,14,17H,2-5,10H2,1H3/p+1. The molecule has 4 heteroatoms. The zero-order chi connectivity index (χ0) is 14.1. The molecule has 1 aliphatic carbocycles. The summed E-state index contributed by atoms with van der Waals surface area (Å²) in [7, 11) is 0. The Hall–Kier alpha value is -1.68. The summed E-state index contributed by atoms with van der Waals surface area (Å²) in [5, 5.41) is 2.13. The van der Waals surface area contributed by atoms with E-state index in [1.165, 1.54) is 30.6 Å². The minimum atomic E-state index is -0.216. The van der Waals surface area contributed by atoms with Crippen LogP contribution >= 0.6 is 0 Å². The lowest BCUT2D eigenvalue weighted by Crippen LogP contribution is -2.95. The number of hydrogen-bond donors (Lipinski definition) is 1. The highest BCUT2D eigenvalue weighted by Crippen LogP contribution is 2.23. The number of rotatable bonds is 3. The van der Waals surface area contributed by atoms with Crippen LogP contribution in [-0.2, 0) is 9.59 Å². The van der Waals surface area contributed by atoms with E-state index < -0.39 is 0 Å². The van der Waals surface area contributed by atoms with Gasteiger partial charge in [-0.2, -0.15) is 0 Å². The van der Waals surface area contributed by atoms with E-state index in [9.17, 15) is 9.59 Å². The van der Waals surface area contributed by atoms with Crippen molar-refractivity contribution in [3.05, 3.63) is 29.8 Å². The molecule has 1 saturated heterocycles. The highest BCUT2D eigenvalue weighted by Gasteiger charge is 2.43. The second kappa shape index (κ2) is 5.37. The molecule has 2 aliphatic rings. The van der Waals surface area contributed by atoms with Crippen molar-refractivity contribution in [2.45, 2.75) is 51.1 Å². The van der Waals surface area contributed by atoms with Gasteiger partial charge in [0.15, 0.2) is 6.04 Å². The van der Waals surface area contributed by atoms with Gasteiger partial charge in [-0.3, -0.25) is 9.59 Å². The molecule has 106 valence electrons. The van der Waals surface area contributed by atoms with Crippen molar-refractivity contribution in [3.8, 4) is 0 Å². The van der Waals surface area contributed by atoms with E-state index in [2.05, 4.69) is 5.32 Å². The number of hydrogen-bond acceptors (Lipinski definition) is 2. The van der Waals surface area contributed by atoms with Gasteiger partial charge in [0, 0.05) is 0 Å². The molecule has 0 aromatic heterocycles. The maximum atomic E-state index is 12.5. The van der Waals surface area contributed by atoms with Crippen LogP contribution < -0.4 is 10.2 Å². The Kier molecular flexibility index (Phi) is 3.57. The molecule has 2 amide bonds. The molecule has 2 N–H and O–H groups in total. The summed E-state index contributed by atoms with van der Waals surface area (Å²) in [5.74, 6) is -0.121. The molecule has 20 heavy (non-hydrogen) atoms. The minimum Gasteiger partial charge on any atom is -0.333 e. The molecule has 1 atom stereocenters. The van der Waals surface area contributed by atoms with Crippen LogP contribution in [-0.4, -0.2) is 23.9 Å². The SMILES string of the molecule is Cc1ccc(N2C(=O)CC([NH2+]C3CCCC3)C2=O)cc1. The van der Waals surface area contributed by atoms with Crippen LogP contribution in [0, 0.1) is 6.92 Å². The fourth-order valence-electron chi connectivity index (χ4n) is 3.25. The molecule has 0 spiro atoms. The molecule has 4 nitrogen and oxygen atoms in total. The van der Waals surface area contributed by atoms with Gasteiger partial charge in [0.2, 0.25) is 5.91 Å².